The fourth-order valence-corrected chi connectivity index (χ4v) is 3.06. The molecule has 22 heavy (non-hydrogen) atoms. The zero-order valence-electron chi connectivity index (χ0n) is 12.8. The second-order valence-corrected chi connectivity index (χ2v) is 7.40. The van der Waals surface area contributed by atoms with E-state index in [4.69, 9.17) is 4.74 Å². The summed E-state index contributed by atoms with van der Waals surface area (Å²) in [6.45, 7) is 6.58. The van der Waals surface area contributed by atoms with Gasteiger partial charge in [-0.25, -0.2) is 9.18 Å². The van der Waals surface area contributed by atoms with Crippen molar-refractivity contribution in [2.75, 3.05) is 6.54 Å². The van der Waals surface area contributed by atoms with Gasteiger partial charge in [0.15, 0.2) is 0 Å². The van der Waals surface area contributed by atoms with Gasteiger partial charge < -0.3 is 14.6 Å². The molecule has 0 fully saturated rings. The van der Waals surface area contributed by atoms with Crippen LogP contribution in [0, 0.1) is 5.82 Å². The van der Waals surface area contributed by atoms with E-state index < -0.39 is 5.60 Å². The minimum Gasteiger partial charge on any atom is -0.444 e. The average Bonchev–Trinajstić information content (AvgIpc) is 2.74. The smallest absolute Gasteiger partial charge is 0.410 e. The quantitative estimate of drug-likeness (QED) is 0.750. The molecule has 1 N–H and O–H groups in total. The highest BCUT2D eigenvalue weighted by Gasteiger charge is 2.27. The van der Waals surface area contributed by atoms with Crippen molar-refractivity contribution in [3.8, 4) is 0 Å². The predicted octanol–water partition coefficient (Wildman–Crippen LogP) is 4.36. The van der Waals surface area contributed by atoms with E-state index in [-0.39, 0.29) is 11.9 Å². The van der Waals surface area contributed by atoms with E-state index in [0.29, 0.717) is 24.0 Å². The molecule has 4 nitrogen and oxygen atoms in total. The Labute approximate surface area is 136 Å². The summed E-state index contributed by atoms with van der Waals surface area (Å²) in [4.78, 5) is 17.1. The third-order valence-corrected chi connectivity index (χ3v) is 4.28. The molecule has 2 aromatic rings. The number of halogens is 2. The van der Waals surface area contributed by atoms with Crippen LogP contribution in [0.2, 0.25) is 0 Å². The maximum atomic E-state index is 13.7. The van der Waals surface area contributed by atoms with Crippen molar-refractivity contribution >= 4 is 32.9 Å². The van der Waals surface area contributed by atoms with E-state index in [0.717, 1.165) is 22.2 Å². The lowest BCUT2D eigenvalue weighted by Gasteiger charge is -2.30. The molecule has 1 aromatic heterocycles. The first-order chi connectivity index (χ1) is 10.2. The number of aromatic amines is 1. The number of rotatable bonds is 0. The number of ether oxygens (including phenoxy) is 1. The Kier molecular flexibility index (Phi) is 3.67. The molecule has 0 bridgehead atoms. The third-order valence-electron chi connectivity index (χ3n) is 3.67. The van der Waals surface area contributed by atoms with E-state index in [2.05, 4.69) is 20.9 Å². The minimum absolute atomic E-state index is 0.274. The molecule has 1 amide bonds. The van der Waals surface area contributed by atoms with E-state index in [9.17, 15) is 9.18 Å². The number of nitrogens with one attached hydrogen (secondary N) is 1. The Hall–Kier alpha value is -1.56. The second-order valence-electron chi connectivity index (χ2n) is 6.55. The van der Waals surface area contributed by atoms with Crippen LogP contribution in [0.4, 0.5) is 9.18 Å². The van der Waals surface area contributed by atoms with Crippen LogP contribution in [-0.4, -0.2) is 28.1 Å². The van der Waals surface area contributed by atoms with Crippen LogP contribution in [0.5, 0.6) is 0 Å². The summed E-state index contributed by atoms with van der Waals surface area (Å²) >= 11 is 3.20. The van der Waals surface area contributed by atoms with Gasteiger partial charge in [-0.15, -0.1) is 0 Å². The number of carbonyl (C=O) groups is 1. The molecule has 6 heteroatoms. The fourth-order valence-electron chi connectivity index (χ4n) is 2.72. The van der Waals surface area contributed by atoms with E-state index in [1.54, 1.807) is 11.0 Å². The van der Waals surface area contributed by atoms with Crippen molar-refractivity contribution in [1.82, 2.24) is 9.88 Å². The number of amides is 1. The number of hydrogen-bond acceptors (Lipinski definition) is 2. The van der Waals surface area contributed by atoms with Crippen LogP contribution in [0.15, 0.2) is 16.6 Å². The van der Waals surface area contributed by atoms with Crippen molar-refractivity contribution in [1.29, 1.82) is 0 Å². The van der Waals surface area contributed by atoms with Gasteiger partial charge in [0.05, 0.1) is 11.0 Å². The predicted molar refractivity (Wildman–Crippen MR) is 86.3 cm³/mol. The van der Waals surface area contributed by atoms with Gasteiger partial charge in [0, 0.05) is 23.1 Å². The summed E-state index contributed by atoms with van der Waals surface area (Å²) in [5.74, 6) is -0.274. The molecule has 0 saturated carbocycles. The van der Waals surface area contributed by atoms with Crippen LogP contribution in [0.1, 0.15) is 32.0 Å². The van der Waals surface area contributed by atoms with E-state index >= 15 is 0 Å². The molecule has 2 heterocycles. The number of carbonyl (C=O) groups excluding carboxylic acids is 1. The molecule has 1 aromatic carbocycles. The summed E-state index contributed by atoms with van der Waals surface area (Å²) in [6, 6.07) is 3.28. The molecule has 1 aliphatic heterocycles. The largest absolute Gasteiger partial charge is 0.444 e. The van der Waals surface area contributed by atoms with Crippen LogP contribution < -0.4 is 0 Å². The van der Waals surface area contributed by atoms with Crippen molar-refractivity contribution in [2.24, 2.45) is 0 Å². The molecule has 0 spiro atoms. The number of aromatic nitrogens is 1. The number of nitrogens with zero attached hydrogens (tertiary/aromatic N) is 1. The summed E-state index contributed by atoms with van der Waals surface area (Å²) in [7, 11) is 0. The van der Waals surface area contributed by atoms with Gasteiger partial charge in [0.25, 0.3) is 0 Å². The first kappa shape index (κ1) is 15.3. The number of hydrogen-bond donors (Lipinski definition) is 1. The lowest BCUT2D eigenvalue weighted by molar-refractivity contribution is 0.0222. The normalized spacial score (nSPS) is 15.0. The highest BCUT2D eigenvalue weighted by Crippen LogP contribution is 2.31. The Balaban J connectivity index is 1.89. The maximum absolute atomic E-state index is 13.7. The molecule has 0 radical (unpaired) electrons. The SMILES string of the molecule is CC(C)(C)OC(=O)N1CCc2c([nH]c3cc(Br)c(F)cc23)C1. The lowest BCUT2D eigenvalue weighted by atomic mass is 10.0. The third kappa shape index (κ3) is 2.84. The topological polar surface area (TPSA) is 45.3 Å². The van der Waals surface area contributed by atoms with Crippen LogP contribution in [0.25, 0.3) is 10.9 Å². The molecule has 3 rings (SSSR count). The summed E-state index contributed by atoms with van der Waals surface area (Å²) in [5, 5.41) is 0.888. The molecule has 0 aliphatic carbocycles. The van der Waals surface area contributed by atoms with Gasteiger partial charge in [-0.05, 0) is 60.8 Å². The standard InChI is InChI=1S/C16H18BrFN2O2/c1-16(2,3)22-15(21)20-5-4-9-10-6-12(18)11(17)7-13(10)19-14(9)8-20/h6-7,19H,4-5,8H2,1-3H3. The Morgan fingerprint density at radius 2 is 2.14 bits per heavy atom. The molecule has 0 atom stereocenters. The Morgan fingerprint density at radius 1 is 1.41 bits per heavy atom. The zero-order chi connectivity index (χ0) is 16.1. The summed E-state index contributed by atoms with van der Waals surface area (Å²) < 4.78 is 19.6. The Morgan fingerprint density at radius 3 is 2.82 bits per heavy atom. The minimum atomic E-state index is -0.508. The molecular formula is C16H18BrFN2O2. The second kappa shape index (κ2) is 5.26. The zero-order valence-corrected chi connectivity index (χ0v) is 14.4. The van der Waals surface area contributed by atoms with Gasteiger partial charge in [-0.3, -0.25) is 0 Å². The van der Waals surface area contributed by atoms with Crippen molar-refractivity contribution in [2.45, 2.75) is 39.3 Å². The lowest BCUT2D eigenvalue weighted by Crippen LogP contribution is -2.39. The van der Waals surface area contributed by atoms with Crippen LogP contribution >= 0.6 is 15.9 Å². The number of fused-ring (bicyclic) bond motifs is 3. The monoisotopic (exact) mass is 368 g/mol. The highest BCUT2D eigenvalue weighted by atomic mass is 79.9. The number of H-pyrrole nitrogens is 1. The molecular weight excluding hydrogens is 351 g/mol. The maximum Gasteiger partial charge on any atom is 0.410 e. The number of benzene rings is 1. The van der Waals surface area contributed by atoms with E-state index in [1.807, 2.05) is 20.8 Å². The van der Waals surface area contributed by atoms with Crippen LogP contribution in [-0.2, 0) is 17.7 Å². The van der Waals surface area contributed by atoms with Gasteiger partial charge in [-0.1, -0.05) is 0 Å². The first-order valence-electron chi connectivity index (χ1n) is 7.21. The van der Waals surface area contributed by atoms with Gasteiger partial charge in [0.2, 0.25) is 0 Å². The molecule has 118 valence electrons. The summed E-state index contributed by atoms with van der Waals surface area (Å²) in [6.07, 6.45) is 0.375. The van der Waals surface area contributed by atoms with Gasteiger partial charge in [-0.2, -0.15) is 0 Å². The van der Waals surface area contributed by atoms with Crippen LogP contribution in [0.3, 0.4) is 0 Å². The van der Waals surface area contributed by atoms with E-state index in [1.165, 1.54) is 6.07 Å². The molecule has 0 unspecified atom stereocenters. The fraction of sp³-hybridized carbons (Fsp3) is 0.438. The van der Waals surface area contributed by atoms with Crippen molar-refractivity contribution < 1.29 is 13.9 Å². The molecule has 0 saturated heterocycles. The van der Waals surface area contributed by atoms with Crippen molar-refractivity contribution in [3.05, 3.63) is 33.7 Å². The summed E-state index contributed by atoms with van der Waals surface area (Å²) in [5.41, 5.74) is 2.40. The Bertz CT molecular complexity index is 749. The molecule has 1 aliphatic rings. The van der Waals surface area contributed by atoms with Crippen molar-refractivity contribution in [3.63, 3.8) is 0 Å². The average molecular weight is 369 g/mol. The first-order valence-corrected chi connectivity index (χ1v) is 8.00. The van der Waals surface area contributed by atoms with Gasteiger partial charge >= 0.3 is 6.09 Å². The highest BCUT2D eigenvalue weighted by molar-refractivity contribution is 9.10. The van der Waals surface area contributed by atoms with Gasteiger partial charge in [0.1, 0.15) is 11.4 Å².